The van der Waals surface area contributed by atoms with Crippen molar-refractivity contribution >= 4 is 17.4 Å². The number of hydrogen-bond donors (Lipinski definition) is 0. The monoisotopic (exact) mass is 218 g/mol. The Morgan fingerprint density at radius 1 is 1.31 bits per heavy atom. The second-order valence-electron chi connectivity index (χ2n) is 3.23. The summed E-state index contributed by atoms with van der Waals surface area (Å²) in [6, 6.07) is 0. The van der Waals surface area contributed by atoms with Crippen molar-refractivity contribution in [1.29, 1.82) is 0 Å². The zero-order valence-corrected chi connectivity index (χ0v) is 8.26. The summed E-state index contributed by atoms with van der Waals surface area (Å²) in [5, 5.41) is 0. The van der Waals surface area contributed by atoms with Crippen molar-refractivity contribution in [3.63, 3.8) is 0 Å². The van der Waals surface area contributed by atoms with E-state index in [1.165, 1.54) is 6.26 Å². The van der Waals surface area contributed by atoms with E-state index in [9.17, 15) is 4.79 Å². The van der Waals surface area contributed by atoms with Crippen LogP contribution < -0.4 is 0 Å². The minimum Gasteiger partial charge on any atom is -0.455 e. The summed E-state index contributed by atoms with van der Waals surface area (Å²) in [5.74, 6) is 1.28. The smallest absolute Gasteiger partial charge is 0.285 e. The van der Waals surface area contributed by atoms with Crippen LogP contribution in [-0.4, -0.2) is 16.3 Å². The van der Waals surface area contributed by atoms with Gasteiger partial charge in [-0.2, -0.15) is 0 Å². The molecule has 3 rings (SSSR count). The first-order valence-corrected chi connectivity index (χ1v) is 4.54. The summed E-state index contributed by atoms with van der Waals surface area (Å²) in [5.41, 5.74) is 0.772. The van der Waals surface area contributed by atoms with Gasteiger partial charge in [-0.15, -0.1) is 0 Å². The number of hydrogen-bond acceptors (Lipinski definition) is 6. The summed E-state index contributed by atoms with van der Waals surface area (Å²) < 4.78 is 15.5. The predicted octanol–water partition coefficient (Wildman–Crippen LogP) is 2.20. The Hall–Kier alpha value is -2.37. The molecule has 0 aliphatic carbocycles. The molecule has 0 aliphatic heterocycles. The molecule has 0 saturated carbocycles. The number of aldehydes is 1. The number of oxazole rings is 2. The molecule has 0 radical (unpaired) electrons. The number of fused-ring (bicyclic) bond motifs is 1. The van der Waals surface area contributed by atoms with Crippen LogP contribution >= 0.6 is 0 Å². The molecule has 0 spiro atoms. The molecule has 0 unspecified atom stereocenters. The first-order valence-electron chi connectivity index (χ1n) is 4.54. The fourth-order valence-electron chi connectivity index (χ4n) is 1.39. The molecule has 0 fully saturated rings. The molecule has 6 heteroatoms. The summed E-state index contributed by atoms with van der Waals surface area (Å²) in [4.78, 5) is 18.7. The van der Waals surface area contributed by atoms with Gasteiger partial charge in [0.25, 0.3) is 11.8 Å². The number of carbonyl (C=O) groups is 1. The number of aryl methyl sites for hydroxylation is 1. The van der Waals surface area contributed by atoms with Crippen LogP contribution in [0.3, 0.4) is 0 Å². The van der Waals surface area contributed by atoms with Crippen molar-refractivity contribution in [2.45, 2.75) is 6.92 Å². The molecule has 6 nitrogen and oxygen atoms in total. The average Bonchev–Trinajstić information content (AvgIpc) is 2.90. The van der Waals surface area contributed by atoms with E-state index < -0.39 is 0 Å². The van der Waals surface area contributed by atoms with Crippen molar-refractivity contribution < 1.29 is 18.0 Å². The third-order valence-corrected chi connectivity index (χ3v) is 2.09. The lowest BCUT2D eigenvalue weighted by molar-refractivity contribution is 0.110. The zero-order valence-electron chi connectivity index (χ0n) is 8.26. The predicted molar refractivity (Wildman–Crippen MR) is 51.9 cm³/mol. The van der Waals surface area contributed by atoms with Crippen molar-refractivity contribution in [2.24, 2.45) is 0 Å². The van der Waals surface area contributed by atoms with Gasteiger partial charge in [0, 0.05) is 0 Å². The average molecular weight is 218 g/mol. The number of nitrogens with zero attached hydrogens (tertiary/aromatic N) is 2. The molecule has 3 heterocycles. The van der Waals surface area contributed by atoms with Crippen LogP contribution in [-0.2, 0) is 0 Å². The second kappa shape index (κ2) is 3.06. The normalized spacial score (nSPS) is 11.1. The highest BCUT2D eigenvalue weighted by molar-refractivity contribution is 5.90. The summed E-state index contributed by atoms with van der Waals surface area (Å²) in [6.07, 6.45) is 3.48. The van der Waals surface area contributed by atoms with E-state index >= 15 is 0 Å². The van der Waals surface area contributed by atoms with E-state index in [-0.39, 0.29) is 17.5 Å². The zero-order chi connectivity index (χ0) is 11.1. The molecule has 16 heavy (non-hydrogen) atoms. The van der Waals surface area contributed by atoms with E-state index in [1.807, 2.05) is 0 Å². The van der Waals surface area contributed by atoms with Crippen LogP contribution in [0.5, 0.6) is 0 Å². The van der Waals surface area contributed by atoms with E-state index in [4.69, 9.17) is 13.3 Å². The highest BCUT2D eigenvalue weighted by Crippen LogP contribution is 2.26. The highest BCUT2D eigenvalue weighted by Gasteiger charge is 2.17. The fourth-order valence-corrected chi connectivity index (χ4v) is 1.39. The summed E-state index contributed by atoms with van der Waals surface area (Å²) in [7, 11) is 0. The van der Waals surface area contributed by atoms with Crippen LogP contribution in [0.25, 0.3) is 22.9 Å². The van der Waals surface area contributed by atoms with Gasteiger partial charge in [-0.1, -0.05) is 0 Å². The van der Waals surface area contributed by atoms with Gasteiger partial charge >= 0.3 is 0 Å². The molecular formula is C10H6N2O4. The molecule has 3 aromatic rings. The first-order chi connectivity index (χ1) is 7.78. The van der Waals surface area contributed by atoms with E-state index in [0.29, 0.717) is 23.1 Å². The van der Waals surface area contributed by atoms with Crippen LogP contribution in [0.15, 0.2) is 25.7 Å². The van der Waals surface area contributed by atoms with Crippen molar-refractivity contribution in [3.8, 4) is 11.8 Å². The molecule has 0 amide bonds. The van der Waals surface area contributed by atoms with Crippen LogP contribution in [0, 0.1) is 6.92 Å². The van der Waals surface area contributed by atoms with Crippen LogP contribution in [0.1, 0.15) is 16.3 Å². The van der Waals surface area contributed by atoms with E-state index in [0.717, 1.165) is 0 Å². The van der Waals surface area contributed by atoms with E-state index in [1.54, 1.807) is 13.1 Å². The minimum atomic E-state index is 0.108. The van der Waals surface area contributed by atoms with Gasteiger partial charge in [0.15, 0.2) is 6.29 Å². The molecule has 80 valence electrons. The maximum atomic E-state index is 10.6. The topological polar surface area (TPSA) is 82.3 Å². The maximum Gasteiger partial charge on any atom is 0.285 e. The third kappa shape index (κ3) is 1.16. The van der Waals surface area contributed by atoms with Crippen LogP contribution in [0.2, 0.25) is 0 Å². The van der Waals surface area contributed by atoms with Gasteiger partial charge in [-0.3, -0.25) is 4.79 Å². The van der Waals surface area contributed by atoms with Gasteiger partial charge in [0.05, 0.1) is 6.20 Å². The Morgan fingerprint density at radius 3 is 2.88 bits per heavy atom. The second-order valence-corrected chi connectivity index (χ2v) is 3.23. The van der Waals surface area contributed by atoms with Gasteiger partial charge in [-0.25, -0.2) is 9.97 Å². The SMILES string of the molecule is Cc1cnc(-c2nc3coc(C=O)c3o2)o1. The van der Waals surface area contributed by atoms with Gasteiger partial charge in [0.1, 0.15) is 17.5 Å². The van der Waals surface area contributed by atoms with E-state index in [2.05, 4.69) is 9.97 Å². The molecule has 0 aromatic carbocycles. The number of furan rings is 1. The van der Waals surface area contributed by atoms with Crippen molar-refractivity contribution in [3.05, 3.63) is 24.0 Å². The summed E-state index contributed by atoms with van der Waals surface area (Å²) in [6.45, 7) is 1.77. The third-order valence-electron chi connectivity index (χ3n) is 2.09. The van der Waals surface area contributed by atoms with Gasteiger partial charge < -0.3 is 13.3 Å². The first kappa shape index (κ1) is 8.90. The summed E-state index contributed by atoms with van der Waals surface area (Å²) >= 11 is 0. The van der Waals surface area contributed by atoms with Gasteiger partial charge in [0.2, 0.25) is 11.3 Å². The van der Waals surface area contributed by atoms with Crippen molar-refractivity contribution in [1.82, 2.24) is 9.97 Å². The molecule has 3 aromatic heterocycles. The standard InChI is InChI=1S/C10H6N2O4/c1-5-2-11-9(15-5)10-12-6-4-14-7(3-13)8(6)16-10/h2-4H,1H3. The van der Waals surface area contributed by atoms with Crippen LogP contribution in [0.4, 0.5) is 0 Å². The molecule has 0 N–H and O–H groups in total. The number of carbonyl (C=O) groups excluding carboxylic acids is 1. The Kier molecular flexibility index (Phi) is 1.70. The highest BCUT2D eigenvalue weighted by atomic mass is 16.4. The Labute approximate surface area is 88.9 Å². The molecule has 0 saturated heterocycles. The Morgan fingerprint density at radius 2 is 2.19 bits per heavy atom. The maximum absolute atomic E-state index is 10.6. The largest absolute Gasteiger partial charge is 0.455 e. The lowest BCUT2D eigenvalue weighted by atomic mass is 10.4. The lowest BCUT2D eigenvalue weighted by Crippen LogP contribution is -1.75. The molecular weight excluding hydrogens is 212 g/mol. The minimum absolute atomic E-state index is 0.108. The molecule has 0 bridgehead atoms. The number of aromatic nitrogens is 2. The van der Waals surface area contributed by atoms with Gasteiger partial charge in [-0.05, 0) is 6.92 Å². The lowest BCUT2D eigenvalue weighted by Gasteiger charge is -1.85. The van der Waals surface area contributed by atoms with Crippen molar-refractivity contribution in [2.75, 3.05) is 0 Å². The molecule has 0 atom stereocenters. The fraction of sp³-hybridized carbons (Fsp3) is 0.100. The quantitative estimate of drug-likeness (QED) is 0.613. The Bertz CT molecular complexity index is 661. The Balaban J connectivity index is 2.18. The molecule has 0 aliphatic rings. The number of rotatable bonds is 2.